The molecule has 2 rings (SSSR count). The van der Waals surface area contributed by atoms with Crippen LogP contribution in [0.1, 0.15) is 24.6 Å². The average Bonchev–Trinajstić information content (AvgIpc) is 2.43. The van der Waals surface area contributed by atoms with Crippen molar-refractivity contribution in [2.45, 2.75) is 26.4 Å². The quantitative estimate of drug-likeness (QED) is 0.909. The number of aromatic nitrogens is 1. The maximum atomic E-state index is 13.2. The molecule has 3 nitrogen and oxygen atoms in total. The van der Waals surface area contributed by atoms with Crippen LogP contribution in [0.25, 0.3) is 10.9 Å². The van der Waals surface area contributed by atoms with Gasteiger partial charge in [0.2, 0.25) is 0 Å². The van der Waals surface area contributed by atoms with Crippen molar-refractivity contribution in [3.8, 4) is 5.75 Å². The SMILES string of the molecule is CCCNc1c(C)c(C(F)(F)F)nc2c(OC)cccc12. The molecule has 2 aromatic rings. The van der Waals surface area contributed by atoms with Gasteiger partial charge >= 0.3 is 6.18 Å². The van der Waals surface area contributed by atoms with Gasteiger partial charge in [0.25, 0.3) is 0 Å². The molecule has 0 aliphatic carbocycles. The summed E-state index contributed by atoms with van der Waals surface area (Å²) in [5, 5.41) is 3.71. The van der Waals surface area contributed by atoms with Crippen molar-refractivity contribution >= 4 is 16.6 Å². The summed E-state index contributed by atoms with van der Waals surface area (Å²) < 4.78 is 44.7. The number of nitrogens with zero attached hydrogens (tertiary/aromatic N) is 1. The summed E-state index contributed by atoms with van der Waals surface area (Å²) in [4.78, 5) is 3.80. The Morgan fingerprint density at radius 1 is 1.29 bits per heavy atom. The van der Waals surface area contributed by atoms with Crippen LogP contribution in [0.3, 0.4) is 0 Å². The summed E-state index contributed by atoms with van der Waals surface area (Å²) in [6, 6.07) is 5.09. The smallest absolute Gasteiger partial charge is 0.433 e. The number of hydrogen-bond acceptors (Lipinski definition) is 3. The Bertz CT molecular complexity index is 653. The highest BCUT2D eigenvalue weighted by Crippen LogP contribution is 2.39. The van der Waals surface area contributed by atoms with Gasteiger partial charge in [-0.05, 0) is 19.4 Å². The van der Waals surface area contributed by atoms with Gasteiger partial charge in [-0.25, -0.2) is 4.98 Å². The van der Waals surface area contributed by atoms with Gasteiger partial charge in [-0.15, -0.1) is 0 Å². The molecule has 0 saturated carbocycles. The first-order valence-corrected chi connectivity index (χ1v) is 6.68. The van der Waals surface area contributed by atoms with E-state index in [0.717, 1.165) is 6.42 Å². The second-order valence-electron chi connectivity index (χ2n) is 4.74. The highest BCUT2D eigenvalue weighted by atomic mass is 19.4. The molecule has 0 saturated heterocycles. The molecule has 6 heteroatoms. The molecular formula is C15H17F3N2O. The number of halogens is 3. The predicted octanol–water partition coefficient (Wildman–Crippen LogP) is 4.39. The van der Waals surface area contributed by atoms with Crippen molar-refractivity contribution in [1.29, 1.82) is 0 Å². The van der Waals surface area contributed by atoms with E-state index in [-0.39, 0.29) is 11.1 Å². The van der Waals surface area contributed by atoms with Crippen LogP contribution in [-0.4, -0.2) is 18.6 Å². The van der Waals surface area contributed by atoms with Crippen molar-refractivity contribution in [3.05, 3.63) is 29.5 Å². The number of alkyl halides is 3. The Kier molecular flexibility index (Phi) is 4.25. The third kappa shape index (κ3) is 2.89. The zero-order valence-corrected chi connectivity index (χ0v) is 12.1. The van der Waals surface area contributed by atoms with E-state index in [9.17, 15) is 13.2 Å². The minimum absolute atomic E-state index is 0.108. The number of pyridine rings is 1. The molecule has 1 N–H and O–H groups in total. The molecular weight excluding hydrogens is 281 g/mol. The van der Waals surface area contributed by atoms with E-state index >= 15 is 0 Å². The van der Waals surface area contributed by atoms with Crippen LogP contribution in [-0.2, 0) is 6.18 Å². The highest BCUT2D eigenvalue weighted by Gasteiger charge is 2.36. The van der Waals surface area contributed by atoms with Crippen LogP contribution in [0.15, 0.2) is 18.2 Å². The lowest BCUT2D eigenvalue weighted by molar-refractivity contribution is -0.141. The van der Waals surface area contributed by atoms with E-state index in [1.165, 1.54) is 14.0 Å². The van der Waals surface area contributed by atoms with Crippen molar-refractivity contribution in [3.63, 3.8) is 0 Å². The Morgan fingerprint density at radius 3 is 2.57 bits per heavy atom. The van der Waals surface area contributed by atoms with Gasteiger partial charge in [0.15, 0.2) is 0 Å². The maximum absolute atomic E-state index is 13.2. The maximum Gasteiger partial charge on any atom is 0.433 e. The Morgan fingerprint density at radius 2 is 2.00 bits per heavy atom. The summed E-state index contributed by atoms with van der Waals surface area (Å²) in [6.45, 7) is 3.98. The van der Waals surface area contributed by atoms with Gasteiger partial charge in [-0.2, -0.15) is 13.2 Å². The third-order valence-corrected chi connectivity index (χ3v) is 3.26. The summed E-state index contributed by atoms with van der Waals surface area (Å²) in [6.07, 6.45) is -3.68. The Balaban J connectivity index is 2.79. The largest absolute Gasteiger partial charge is 0.494 e. The zero-order valence-electron chi connectivity index (χ0n) is 12.1. The summed E-state index contributed by atoms with van der Waals surface area (Å²) in [5.41, 5.74) is -0.0839. The number of methoxy groups -OCH3 is 1. The van der Waals surface area contributed by atoms with Gasteiger partial charge in [0.05, 0.1) is 7.11 Å². The lowest BCUT2D eigenvalue weighted by Crippen LogP contribution is -2.14. The van der Waals surface area contributed by atoms with Crippen molar-refractivity contribution in [1.82, 2.24) is 4.98 Å². The molecule has 0 aliphatic rings. The monoisotopic (exact) mass is 298 g/mol. The number of nitrogens with one attached hydrogen (secondary N) is 1. The topological polar surface area (TPSA) is 34.2 Å². The van der Waals surface area contributed by atoms with E-state index in [1.807, 2.05) is 6.92 Å². The minimum Gasteiger partial charge on any atom is -0.494 e. The number of fused-ring (bicyclic) bond motifs is 1. The molecule has 0 atom stereocenters. The summed E-state index contributed by atoms with van der Waals surface area (Å²) >= 11 is 0. The van der Waals surface area contributed by atoms with E-state index in [4.69, 9.17) is 4.74 Å². The number of ether oxygens (including phenoxy) is 1. The second-order valence-corrected chi connectivity index (χ2v) is 4.74. The standard InChI is InChI=1S/C15H17F3N2O/c1-4-8-19-12-9(2)14(15(16,17)18)20-13-10(12)6-5-7-11(13)21-3/h5-7H,4,8H2,1-3H3,(H,19,20). The first-order valence-electron chi connectivity index (χ1n) is 6.68. The van der Waals surface area contributed by atoms with Gasteiger partial charge < -0.3 is 10.1 Å². The first-order chi connectivity index (χ1) is 9.90. The van der Waals surface area contributed by atoms with E-state index in [1.54, 1.807) is 18.2 Å². The van der Waals surface area contributed by atoms with Crippen LogP contribution in [0.4, 0.5) is 18.9 Å². The molecule has 0 spiro atoms. The highest BCUT2D eigenvalue weighted by molar-refractivity contribution is 5.96. The molecule has 1 heterocycles. The number of benzene rings is 1. The second kappa shape index (κ2) is 5.79. The van der Waals surface area contributed by atoms with Crippen LogP contribution < -0.4 is 10.1 Å². The number of anilines is 1. The molecule has 1 aromatic carbocycles. The molecule has 1 aromatic heterocycles. The first kappa shape index (κ1) is 15.4. The van der Waals surface area contributed by atoms with Crippen LogP contribution in [0.5, 0.6) is 5.75 Å². The predicted molar refractivity (Wildman–Crippen MR) is 76.8 cm³/mol. The van der Waals surface area contributed by atoms with Crippen LogP contribution >= 0.6 is 0 Å². The lowest BCUT2D eigenvalue weighted by Gasteiger charge is -2.18. The van der Waals surface area contributed by atoms with Gasteiger partial charge in [0.1, 0.15) is 17.0 Å². The fourth-order valence-corrected chi connectivity index (χ4v) is 2.27. The minimum atomic E-state index is -4.50. The molecule has 0 unspecified atom stereocenters. The fraction of sp³-hybridized carbons (Fsp3) is 0.400. The van der Waals surface area contributed by atoms with E-state index < -0.39 is 11.9 Å². The van der Waals surface area contributed by atoms with E-state index in [2.05, 4.69) is 10.3 Å². The molecule has 21 heavy (non-hydrogen) atoms. The molecule has 0 radical (unpaired) electrons. The lowest BCUT2D eigenvalue weighted by atomic mass is 10.1. The van der Waals surface area contributed by atoms with Gasteiger partial charge in [-0.3, -0.25) is 0 Å². The normalized spacial score (nSPS) is 11.7. The number of rotatable bonds is 4. The van der Waals surface area contributed by atoms with Crippen molar-refractivity contribution in [2.75, 3.05) is 19.0 Å². The third-order valence-electron chi connectivity index (χ3n) is 3.26. The molecule has 0 fully saturated rings. The molecule has 0 aliphatic heterocycles. The van der Waals surface area contributed by atoms with Crippen LogP contribution in [0, 0.1) is 6.92 Å². The molecule has 0 amide bonds. The van der Waals surface area contributed by atoms with Crippen molar-refractivity contribution < 1.29 is 17.9 Å². The number of para-hydroxylation sites is 1. The Hall–Kier alpha value is -1.98. The van der Waals surface area contributed by atoms with Crippen LogP contribution in [0.2, 0.25) is 0 Å². The summed E-state index contributed by atoms with van der Waals surface area (Å²) in [7, 11) is 1.42. The molecule has 114 valence electrons. The van der Waals surface area contributed by atoms with Crippen molar-refractivity contribution in [2.24, 2.45) is 0 Å². The van der Waals surface area contributed by atoms with Gasteiger partial charge in [-0.1, -0.05) is 19.1 Å². The molecule has 0 bridgehead atoms. The fourth-order valence-electron chi connectivity index (χ4n) is 2.27. The average molecular weight is 298 g/mol. The zero-order chi connectivity index (χ0) is 15.6. The summed E-state index contributed by atoms with van der Waals surface area (Å²) in [5.74, 6) is 0.331. The Labute approximate surface area is 121 Å². The number of hydrogen-bond donors (Lipinski definition) is 1. The van der Waals surface area contributed by atoms with E-state index in [0.29, 0.717) is 23.4 Å². The van der Waals surface area contributed by atoms with Gasteiger partial charge in [0, 0.05) is 23.2 Å².